The summed E-state index contributed by atoms with van der Waals surface area (Å²) in [5, 5.41) is 2.40. The van der Waals surface area contributed by atoms with Crippen LogP contribution < -0.4 is 5.32 Å². The number of rotatable bonds is 9. The lowest BCUT2D eigenvalue weighted by Gasteiger charge is -2.41. The van der Waals surface area contributed by atoms with Gasteiger partial charge in [0.05, 0.1) is 7.11 Å². The molecule has 0 saturated heterocycles. The van der Waals surface area contributed by atoms with Crippen molar-refractivity contribution in [2.75, 3.05) is 18.6 Å². The molecule has 1 amide bonds. The molecule has 1 rings (SSSR count). The van der Waals surface area contributed by atoms with Gasteiger partial charge in [0.1, 0.15) is 17.2 Å². The molecule has 162 valence electrons. The van der Waals surface area contributed by atoms with E-state index in [1.165, 1.54) is 14.0 Å². The number of amides is 1. The minimum Gasteiger partial charge on any atom is -0.467 e. The molecule has 1 fully saturated rings. The van der Waals surface area contributed by atoms with Gasteiger partial charge in [0.2, 0.25) is 0 Å². The van der Waals surface area contributed by atoms with Crippen molar-refractivity contribution in [1.82, 2.24) is 5.32 Å². The Bertz CT molecular complexity index is 679. The molecular formula is C18H32N2O7S. The summed E-state index contributed by atoms with van der Waals surface area (Å²) in [6.07, 6.45) is 1.87. The van der Waals surface area contributed by atoms with Gasteiger partial charge in [0.15, 0.2) is 0 Å². The van der Waals surface area contributed by atoms with Crippen LogP contribution in [0.15, 0.2) is 0 Å². The van der Waals surface area contributed by atoms with Crippen molar-refractivity contribution in [3.63, 3.8) is 0 Å². The van der Waals surface area contributed by atoms with E-state index in [4.69, 9.17) is 14.3 Å². The molecule has 1 aliphatic carbocycles. The molecule has 9 nitrogen and oxygen atoms in total. The monoisotopic (exact) mass is 420 g/mol. The summed E-state index contributed by atoms with van der Waals surface area (Å²) < 4.78 is 35.9. The Morgan fingerprint density at radius 1 is 1.21 bits per heavy atom. The Hall–Kier alpha value is -1.84. The highest BCUT2D eigenvalue weighted by molar-refractivity contribution is 7.92. The smallest absolute Gasteiger partial charge is 0.408 e. The van der Waals surface area contributed by atoms with E-state index in [2.05, 4.69) is 10.1 Å². The fourth-order valence-corrected chi connectivity index (χ4v) is 4.40. The van der Waals surface area contributed by atoms with Gasteiger partial charge in [-0.2, -0.15) is 0 Å². The highest BCUT2D eigenvalue weighted by atomic mass is 32.2. The van der Waals surface area contributed by atoms with Crippen molar-refractivity contribution in [3.05, 3.63) is 0 Å². The van der Waals surface area contributed by atoms with E-state index < -0.39 is 39.0 Å². The fourth-order valence-electron chi connectivity index (χ4n) is 2.88. The average Bonchev–Trinajstić information content (AvgIpc) is 2.51. The Morgan fingerprint density at radius 2 is 1.82 bits per heavy atom. The number of carbonyl (C=O) groups is 3. The van der Waals surface area contributed by atoms with Crippen LogP contribution in [0.3, 0.4) is 0 Å². The van der Waals surface area contributed by atoms with Crippen molar-refractivity contribution in [1.29, 1.82) is 4.78 Å². The molecule has 0 radical (unpaired) electrons. The van der Waals surface area contributed by atoms with Crippen LogP contribution >= 0.6 is 0 Å². The van der Waals surface area contributed by atoms with Gasteiger partial charge in [-0.1, -0.05) is 0 Å². The maximum atomic E-state index is 12.6. The average molecular weight is 421 g/mol. The number of esters is 2. The molecule has 0 aliphatic heterocycles. The summed E-state index contributed by atoms with van der Waals surface area (Å²) in [5.41, 5.74) is -1.35. The van der Waals surface area contributed by atoms with Crippen molar-refractivity contribution >= 4 is 27.8 Å². The van der Waals surface area contributed by atoms with Gasteiger partial charge in [0.25, 0.3) is 0 Å². The van der Waals surface area contributed by atoms with Crippen molar-refractivity contribution in [3.8, 4) is 0 Å². The third kappa shape index (κ3) is 8.45. The zero-order chi connectivity index (χ0) is 21.6. The highest BCUT2D eigenvalue weighted by Crippen LogP contribution is 2.39. The summed E-state index contributed by atoms with van der Waals surface area (Å²) in [6.45, 7) is 6.41. The first-order valence-corrected chi connectivity index (χ1v) is 11.2. The number of alkyl carbamates (subject to hydrolysis) is 1. The Morgan fingerprint density at radius 3 is 2.25 bits per heavy atom. The van der Waals surface area contributed by atoms with Gasteiger partial charge in [-0.05, 0) is 52.9 Å². The van der Waals surface area contributed by atoms with E-state index >= 15 is 0 Å². The molecule has 0 aromatic heterocycles. The SMILES string of the molecule is COC(=O)[C@H](CCS(=N)(=O)CCC1(OC(C)=O)CCC1)NC(=O)OC(C)(C)C. The number of nitrogens with one attached hydrogen (secondary N) is 2. The predicted octanol–water partition coefficient (Wildman–Crippen LogP) is 2.37. The summed E-state index contributed by atoms with van der Waals surface area (Å²) >= 11 is 0. The largest absolute Gasteiger partial charge is 0.467 e. The van der Waals surface area contributed by atoms with E-state index in [9.17, 15) is 18.6 Å². The standard InChI is InChI=1S/C18H32N2O7S/c1-13(21)26-18(8-6-9-18)10-12-28(19,24)11-7-14(15(22)25-5)20-16(23)27-17(2,3)4/h14,19H,6-12H2,1-5H3,(H,20,23)/t14-,28?/m0/s1. The van der Waals surface area contributed by atoms with Gasteiger partial charge in [-0.3, -0.25) is 9.57 Å². The summed E-state index contributed by atoms with van der Waals surface area (Å²) in [5.74, 6) is -1.13. The molecule has 2 N–H and O–H groups in total. The first-order valence-electron chi connectivity index (χ1n) is 9.29. The normalized spacial score (nSPS) is 18.8. The molecular weight excluding hydrogens is 388 g/mol. The minimum atomic E-state index is -3.03. The van der Waals surface area contributed by atoms with Gasteiger partial charge in [-0.25, -0.2) is 13.8 Å². The number of hydrogen-bond acceptors (Lipinski definition) is 8. The van der Waals surface area contributed by atoms with Gasteiger partial charge >= 0.3 is 18.0 Å². The molecule has 28 heavy (non-hydrogen) atoms. The third-order valence-electron chi connectivity index (χ3n) is 4.43. The Balaban J connectivity index is 2.63. The van der Waals surface area contributed by atoms with E-state index in [1.807, 2.05) is 0 Å². The predicted molar refractivity (Wildman–Crippen MR) is 103 cm³/mol. The molecule has 0 heterocycles. The van der Waals surface area contributed by atoms with Gasteiger partial charge in [-0.15, -0.1) is 0 Å². The van der Waals surface area contributed by atoms with Crippen LogP contribution in [0, 0.1) is 4.78 Å². The summed E-state index contributed by atoms with van der Waals surface area (Å²) in [7, 11) is -1.84. The van der Waals surface area contributed by atoms with Crippen LogP contribution in [0.4, 0.5) is 4.79 Å². The Labute approximate surface area is 166 Å². The molecule has 1 saturated carbocycles. The van der Waals surface area contributed by atoms with Crippen LogP contribution in [0.25, 0.3) is 0 Å². The molecule has 10 heteroatoms. The van der Waals surface area contributed by atoms with Crippen molar-refractivity contribution in [2.24, 2.45) is 0 Å². The second-order valence-corrected chi connectivity index (χ2v) is 10.6. The molecule has 0 bridgehead atoms. The second-order valence-electron chi connectivity index (χ2n) is 8.11. The fraction of sp³-hybridized carbons (Fsp3) is 0.833. The van der Waals surface area contributed by atoms with E-state index in [0.717, 1.165) is 6.42 Å². The van der Waals surface area contributed by atoms with Crippen LogP contribution in [-0.2, 0) is 33.5 Å². The first-order chi connectivity index (χ1) is 12.8. The molecule has 0 spiro atoms. The lowest BCUT2D eigenvalue weighted by molar-refractivity contribution is -0.167. The molecule has 0 aromatic rings. The highest BCUT2D eigenvalue weighted by Gasteiger charge is 2.40. The van der Waals surface area contributed by atoms with Crippen LogP contribution in [0.1, 0.15) is 59.8 Å². The van der Waals surface area contributed by atoms with E-state index in [-0.39, 0.29) is 23.9 Å². The number of carbonyl (C=O) groups excluding carboxylic acids is 3. The van der Waals surface area contributed by atoms with E-state index in [1.54, 1.807) is 20.8 Å². The maximum Gasteiger partial charge on any atom is 0.408 e. The number of methoxy groups -OCH3 is 1. The minimum absolute atomic E-state index is 0.0190. The summed E-state index contributed by atoms with van der Waals surface area (Å²) in [6, 6.07) is -1.06. The second kappa shape index (κ2) is 9.58. The number of hydrogen-bond donors (Lipinski definition) is 2. The Kier molecular flexibility index (Phi) is 8.28. The van der Waals surface area contributed by atoms with Crippen LogP contribution in [0.2, 0.25) is 0 Å². The van der Waals surface area contributed by atoms with Crippen molar-refractivity contribution in [2.45, 2.75) is 77.0 Å². The lowest BCUT2D eigenvalue weighted by atomic mass is 9.78. The zero-order valence-electron chi connectivity index (χ0n) is 17.3. The van der Waals surface area contributed by atoms with Gasteiger partial charge < -0.3 is 19.5 Å². The quantitative estimate of drug-likeness (QED) is 0.432. The van der Waals surface area contributed by atoms with Gasteiger partial charge in [0, 0.05) is 28.2 Å². The third-order valence-corrected chi connectivity index (χ3v) is 6.18. The zero-order valence-corrected chi connectivity index (χ0v) is 18.1. The van der Waals surface area contributed by atoms with E-state index in [0.29, 0.717) is 19.3 Å². The first kappa shape index (κ1) is 24.2. The van der Waals surface area contributed by atoms with Crippen LogP contribution in [-0.4, -0.2) is 58.1 Å². The molecule has 0 aromatic carbocycles. The maximum absolute atomic E-state index is 12.6. The molecule has 2 atom stereocenters. The lowest BCUT2D eigenvalue weighted by Crippen LogP contribution is -2.45. The summed E-state index contributed by atoms with van der Waals surface area (Å²) in [4.78, 5) is 35.1. The van der Waals surface area contributed by atoms with Crippen LogP contribution in [0.5, 0.6) is 0 Å². The topological polar surface area (TPSA) is 132 Å². The molecule has 1 unspecified atom stereocenters. The van der Waals surface area contributed by atoms with Crippen molar-refractivity contribution < 1.29 is 32.8 Å². The molecule has 1 aliphatic rings. The number of ether oxygens (including phenoxy) is 3.